The van der Waals surface area contributed by atoms with Crippen molar-refractivity contribution < 1.29 is 27.5 Å². The summed E-state index contributed by atoms with van der Waals surface area (Å²) in [5, 5.41) is 8.72. The number of halogens is 3. The van der Waals surface area contributed by atoms with Gasteiger partial charge in [-0.15, -0.1) is 0 Å². The third-order valence-corrected chi connectivity index (χ3v) is 2.20. The third kappa shape index (κ3) is 3.10. The second-order valence-corrected chi connectivity index (χ2v) is 3.44. The lowest BCUT2D eigenvalue weighted by atomic mass is 9.98. The van der Waals surface area contributed by atoms with E-state index in [4.69, 9.17) is 5.26 Å². The molecule has 0 bridgehead atoms. The number of carbonyl (C=O) groups excluding carboxylic acids is 2. The lowest BCUT2D eigenvalue weighted by Crippen LogP contribution is -2.17. The molecule has 0 aliphatic carbocycles. The van der Waals surface area contributed by atoms with Crippen molar-refractivity contribution in [3.05, 3.63) is 34.4 Å². The molecule has 0 saturated carbocycles. The fourth-order valence-electron chi connectivity index (χ4n) is 1.50. The van der Waals surface area contributed by atoms with Crippen LogP contribution >= 0.6 is 0 Å². The van der Waals surface area contributed by atoms with E-state index in [9.17, 15) is 22.8 Å². The summed E-state index contributed by atoms with van der Waals surface area (Å²) in [5.41, 5.74) is -3.22. The van der Waals surface area contributed by atoms with E-state index < -0.39 is 28.8 Å². The SMILES string of the molecule is CCOC(=O)c1cc(C=O)cc(C#N)c1C(F)(F)F. The summed E-state index contributed by atoms with van der Waals surface area (Å²) in [6.07, 6.45) is -4.64. The van der Waals surface area contributed by atoms with Crippen molar-refractivity contribution in [2.24, 2.45) is 0 Å². The minimum absolute atomic E-state index is 0.122. The Morgan fingerprint density at radius 1 is 1.47 bits per heavy atom. The molecule has 0 aliphatic heterocycles. The first-order valence-electron chi connectivity index (χ1n) is 5.12. The van der Waals surface area contributed by atoms with Gasteiger partial charge in [-0.1, -0.05) is 0 Å². The van der Waals surface area contributed by atoms with Crippen LogP contribution in [0.2, 0.25) is 0 Å². The van der Waals surface area contributed by atoms with Gasteiger partial charge in [0.2, 0.25) is 0 Å². The van der Waals surface area contributed by atoms with Crippen molar-refractivity contribution in [1.29, 1.82) is 5.26 Å². The summed E-state index contributed by atoms with van der Waals surface area (Å²) in [7, 11) is 0. The quantitative estimate of drug-likeness (QED) is 0.626. The first-order chi connectivity index (χ1) is 8.85. The van der Waals surface area contributed by atoms with Gasteiger partial charge < -0.3 is 4.74 Å². The number of esters is 1. The Labute approximate surface area is 106 Å². The Bertz CT molecular complexity index is 559. The normalized spacial score (nSPS) is 10.7. The van der Waals surface area contributed by atoms with E-state index in [1.165, 1.54) is 13.0 Å². The third-order valence-electron chi connectivity index (χ3n) is 2.20. The molecule has 1 rings (SSSR count). The van der Waals surface area contributed by atoms with Crippen LogP contribution in [0.25, 0.3) is 0 Å². The molecule has 0 radical (unpaired) electrons. The molecular weight excluding hydrogens is 263 g/mol. The minimum atomic E-state index is -4.89. The standard InChI is InChI=1S/C12H8F3NO3/c1-2-19-11(18)9-4-7(6-17)3-8(5-16)10(9)12(13,14)15/h3-4,6H,2H2,1H3. The van der Waals surface area contributed by atoms with E-state index in [1.54, 1.807) is 0 Å². The molecule has 0 unspecified atom stereocenters. The number of alkyl halides is 3. The van der Waals surface area contributed by atoms with Crippen LogP contribution in [0.3, 0.4) is 0 Å². The molecule has 0 atom stereocenters. The zero-order valence-electron chi connectivity index (χ0n) is 9.75. The van der Waals surface area contributed by atoms with Gasteiger partial charge in [-0.25, -0.2) is 4.79 Å². The van der Waals surface area contributed by atoms with Crippen LogP contribution in [0.5, 0.6) is 0 Å². The summed E-state index contributed by atoms with van der Waals surface area (Å²) in [6.45, 7) is 1.31. The maximum absolute atomic E-state index is 12.9. The van der Waals surface area contributed by atoms with Crippen LogP contribution in [0.4, 0.5) is 13.2 Å². The van der Waals surface area contributed by atoms with Crippen LogP contribution in [0.1, 0.15) is 38.8 Å². The van der Waals surface area contributed by atoms with E-state index in [0.717, 1.165) is 12.1 Å². The van der Waals surface area contributed by atoms with Crippen LogP contribution < -0.4 is 0 Å². The number of hydrogen-bond donors (Lipinski definition) is 0. The van der Waals surface area contributed by atoms with E-state index in [1.807, 2.05) is 0 Å². The molecule has 0 heterocycles. The molecule has 0 spiro atoms. The van der Waals surface area contributed by atoms with Gasteiger partial charge in [-0.3, -0.25) is 4.79 Å². The van der Waals surface area contributed by atoms with Crippen LogP contribution in [-0.2, 0) is 10.9 Å². The topological polar surface area (TPSA) is 67.2 Å². The molecular formula is C12H8F3NO3. The number of aldehydes is 1. The Morgan fingerprint density at radius 3 is 2.53 bits per heavy atom. The van der Waals surface area contributed by atoms with Crippen molar-refractivity contribution in [2.45, 2.75) is 13.1 Å². The second kappa shape index (κ2) is 5.52. The molecule has 7 heteroatoms. The molecule has 0 fully saturated rings. The number of benzene rings is 1. The Balaban J connectivity index is 3.61. The maximum atomic E-state index is 12.9. The zero-order valence-corrected chi connectivity index (χ0v) is 9.75. The molecule has 100 valence electrons. The molecule has 0 amide bonds. The monoisotopic (exact) mass is 271 g/mol. The van der Waals surface area contributed by atoms with Gasteiger partial charge >= 0.3 is 12.1 Å². The van der Waals surface area contributed by atoms with E-state index in [2.05, 4.69) is 4.74 Å². The predicted octanol–water partition coefficient (Wildman–Crippen LogP) is 2.57. The zero-order chi connectivity index (χ0) is 14.6. The number of carbonyl (C=O) groups is 2. The highest BCUT2D eigenvalue weighted by Crippen LogP contribution is 2.35. The van der Waals surface area contributed by atoms with Gasteiger partial charge in [-0.2, -0.15) is 18.4 Å². The van der Waals surface area contributed by atoms with Gasteiger partial charge in [-0.05, 0) is 19.1 Å². The van der Waals surface area contributed by atoms with Gasteiger partial charge in [0, 0.05) is 5.56 Å². The number of ether oxygens (including phenoxy) is 1. The highest BCUT2D eigenvalue weighted by molar-refractivity contribution is 5.94. The van der Waals surface area contributed by atoms with Gasteiger partial charge in [0.25, 0.3) is 0 Å². The highest BCUT2D eigenvalue weighted by atomic mass is 19.4. The predicted molar refractivity (Wildman–Crippen MR) is 57.5 cm³/mol. The number of nitrogens with zero attached hydrogens (tertiary/aromatic N) is 1. The first kappa shape index (κ1) is 14.7. The fraction of sp³-hybridized carbons (Fsp3) is 0.250. The Morgan fingerprint density at radius 2 is 2.11 bits per heavy atom. The van der Waals surface area contributed by atoms with Gasteiger partial charge in [0.05, 0.1) is 29.4 Å². The van der Waals surface area contributed by atoms with Crippen molar-refractivity contribution in [3.63, 3.8) is 0 Å². The molecule has 1 aromatic rings. The molecule has 1 aromatic carbocycles. The van der Waals surface area contributed by atoms with E-state index in [0.29, 0.717) is 0 Å². The molecule has 0 aromatic heterocycles. The van der Waals surface area contributed by atoms with Crippen LogP contribution in [-0.4, -0.2) is 18.9 Å². The largest absolute Gasteiger partial charge is 0.462 e. The summed E-state index contributed by atoms with van der Waals surface area (Å²) in [6, 6.07) is 2.86. The lowest BCUT2D eigenvalue weighted by molar-refractivity contribution is -0.138. The number of rotatable bonds is 3. The maximum Gasteiger partial charge on any atom is 0.418 e. The summed E-state index contributed by atoms with van der Waals surface area (Å²) in [5.74, 6) is -1.23. The highest BCUT2D eigenvalue weighted by Gasteiger charge is 2.39. The molecule has 0 saturated heterocycles. The minimum Gasteiger partial charge on any atom is -0.462 e. The van der Waals surface area contributed by atoms with Crippen molar-refractivity contribution >= 4 is 12.3 Å². The summed E-state index contributed by atoms with van der Waals surface area (Å²) >= 11 is 0. The average Bonchev–Trinajstić information content (AvgIpc) is 2.36. The second-order valence-electron chi connectivity index (χ2n) is 3.44. The molecule has 19 heavy (non-hydrogen) atoms. The van der Waals surface area contributed by atoms with Crippen molar-refractivity contribution in [1.82, 2.24) is 0 Å². The summed E-state index contributed by atoms with van der Waals surface area (Å²) < 4.78 is 43.2. The lowest BCUT2D eigenvalue weighted by Gasteiger charge is -2.14. The first-order valence-corrected chi connectivity index (χ1v) is 5.12. The van der Waals surface area contributed by atoms with Crippen LogP contribution in [0.15, 0.2) is 12.1 Å². The molecule has 0 N–H and O–H groups in total. The van der Waals surface area contributed by atoms with Crippen LogP contribution in [0, 0.1) is 11.3 Å². The molecule has 0 aliphatic rings. The van der Waals surface area contributed by atoms with Crippen molar-refractivity contribution in [2.75, 3.05) is 6.61 Å². The average molecular weight is 271 g/mol. The Hall–Kier alpha value is -2.36. The Kier molecular flexibility index (Phi) is 4.27. The smallest absolute Gasteiger partial charge is 0.418 e. The number of nitriles is 1. The van der Waals surface area contributed by atoms with Gasteiger partial charge in [0.1, 0.15) is 6.29 Å². The number of hydrogen-bond acceptors (Lipinski definition) is 4. The van der Waals surface area contributed by atoms with E-state index in [-0.39, 0.29) is 18.5 Å². The van der Waals surface area contributed by atoms with Gasteiger partial charge in [0.15, 0.2) is 0 Å². The van der Waals surface area contributed by atoms with E-state index >= 15 is 0 Å². The van der Waals surface area contributed by atoms with Crippen molar-refractivity contribution in [3.8, 4) is 6.07 Å². The fourth-order valence-corrected chi connectivity index (χ4v) is 1.50. The summed E-state index contributed by atoms with van der Waals surface area (Å²) in [4.78, 5) is 22.1. The molecule has 4 nitrogen and oxygen atoms in total.